The first-order valence-electron chi connectivity index (χ1n) is 5.96. The van der Waals surface area contributed by atoms with E-state index in [-0.39, 0.29) is 69.7 Å². The summed E-state index contributed by atoms with van der Waals surface area (Å²) in [6.07, 6.45) is 0.928. The van der Waals surface area contributed by atoms with E-state index in [2.05, 4.69) is 0 Å². The first-order chi connectivity index (χ1) is 7.54. The van der Waals surface area contributed by atoms with E-state index in [0.717, 1.165) is 0 Å². The van der Waals surface area contributed by atoms with Crippen LogP contribution in [0.15, 0.2) is 0 Å². The van der Waals surface area contributed by atoms with Gasteiger partial charge >= 0.3 is 64.3 Å². The van der Waals surface area contributed by atoms with E-state index in [1.165, 1.54) is 0 Å². The minimum atomic E-state index is -4.73. The molecular weight excluding hydrogens is 271 g/mol. The molecule has 0 radical (unpaired) electrons. The molecule has 18 heavy (non-hydrogen) atoms. The Morgan fingerprint density at radius 2 is 1.72 bits per heavy atom. The van der Waals surface area contributed by atoms with Crippen molar-refractivity contribution in [3.63, 3.8) is 0 Å². The molecule has 2 fully saturated rings. The molecule has 2 aliphatic rings. The van der Waals surface area contributed by atoms with E-state index in [1.54, 1.807) is 20.8 Å². The molecule has 0 aliphatic heterocycles. The molecule has 7 heteroatoms. The number of carbonyl (C=O) groups is 1. The maximum atomic E-state index is 12.5. The van der Waals surface area contributed by atoms with Crippen molar-refractivity contribution in [3.05, 3.63) is 0 Å². The first kappa shape index (κ1) is 17.0. The Kier molecular flexibility index (Phi) is 4.78. The van der Waals surface area contributed by atoms with Crippen LogP contribution in [-0.4, -0.2) is 18.5 Å². The molecular formula is C11H17BF3KO2. The summed E-state index contributed by atoms with van der Waals surface area (Å²) < 4.78 is 42.7. The monoisotopic (exact) mass is 288 g/mol. The quantitative estimate of drug-likeness (QED) is 0.541. The van der Waals surface area contributed by atoms with E-state index in [4.69, 9.17) is 4.74 Å². The molecule has 0 amide bonds. The predicted molar refractivity (Wildman–Crippen MR) is 58.4 cm³/mol. The zero-order valence-corrected chi connectivity index (χ0v) is 14.4. The minimum absolute atomic E-state index is 0. The second-order valence-electron chi connectivity index (χ2n) is 6.44. The zero-order chi connectivity index (χ0) is 13.1. The van der Waals surface area contributed by atoms with Gasteiger partial charge in [0, 0.05) is 0 Å². The summed E-state index contributed by atoms with van der Waals surface area (Å²) in [5.74, 6) is -1.79. The fourth-order valence-electron chi connectivity index (χ4n) is 2.86. The Morgan fingerprint density at radius 3 is 2.06 bits per heavy atom. The molecule has 98 valence electrons. The number of ether oxygens (including phenoxy) is 1. The van der Waals surface area contributed by atoms with Crippen LogP contribution in [0, 0.1) is 11.3 Å². The second kappa shape index (κ2) is 5.06. The van der Waals surface area contributed by atoms with Crippen LogP contribution in [-0.2, 0) is 9.53 Å². The molecule has 2 nitrogen and oxygen atoms in total. The van der Waals surface area contributed by atoms with E-state index >= 15 is 0 Å². The average Bonchev–Trinajstić information content (AvgIpc) is 2.69. The van der Waals surface area contributed by atoms with Crippen LogP contribution >= 0.6 is 0 Å². The zero-order valence-electron chi connectivity index (χ0n) is 11.3. The van der Waals surface area contributed by atoms with E-state index in [9.17, 15) is 17.7 Å². The number of hydrogen-bond acceptors (Lipinski definition) is 2. The molecule has 0 aromatic heterocycles. The Morgan fingerprint density at radius 1 is 1.22 bits per heavy atom. The third-order valence-corrected chi connectivity index (χ3v) is 3.76. The largest absolute Gasteiger partial charge is 1.00 e. The SMILES string of the molecule is CC(C)(C)OC(=O)C1CC2(C1)CC2[B-](F)(F)F.[K+]. The number of halogens is 3. The molecule has 0 heterocycles. The van der Waals surface area contributed by atoms with Crippen molar-refractivity contribution < 1.29 is 73.9 Å². The van der Waals surface area contributed by atoms with Crippen molar-refractivity contribution in [1.29, 1.82) is 0 Å². The van der Waals surface area contributed by atoms with Gasteiger partial charge < -0.3 is 17.7 Å². The van der Waals surface area contributed by atoms with Crippen molar-refractivity contribution in [2.75, 3.05) is 0 Å². The van der Waals surface area contributed by atoms with Gasteiger partial charge in [0.15, 0.2) is 0 Å². The predicted octanol–water partition coefficient (Wildman–Crippen LogP) is 0.350. The first-order valence-corrected chi connectivity index (χ1v) is 5.96. The van der Waals surface area contributed by atoms with Gasteiger partial charge in [-0.25, -0.2) is 0 Å². The molecule has 1 unspecified atom stereocenters. The summed E-state index contributed by atoms with van der Waals surface area (Å²) in [5, 5.41) is 0. The molecule has 1 spiro atoms. The van der Waals surface area contributed by atoms with Crippen LogP contribution in [0.1, 0.15) is 40.0 Å². The second-order valence-corrected chi connectivity index (χ2v) is 6.44. The van der Waals surface area contributed by atoms with Gasteiger partial charge in [-0.3, -0.25) is 4.79 Å². The topological polar surface area (TPSA) is 26.3 Å². The molecule has 0 N–H and O–H groups in total. The summed E-state index contributed by atoms with van der Waals surface area (Å²) in [7, 11) is 0. The summed E-state index contributed by atoms with van der Waals surface area (Å²) in [4.78, 5) is 11.6. The van der Waals surface area contributed by atoms with Gasteiger partial charge in [-0.1, -0.05) is 17.7 Å². The molecule has 0 bridgehead atoms. The number of esters is 1. The molecule has 2 saturated carbocycles. The van der Waals surface area contributed by atoms with Crippen LogP contribution in [0.5, 0.6) is 0 Å². The Balaban J connectivity index is 0.00000162. The summed E-state index contributed by atoms with van der Waals surface area (Å²) >= 11 is 0. The van der Waals surface area contributed by atoms with E-state index < -0.39 is 23.8 Å². The van der Waals surface area contributed by atoms with Crippen molar-refractivity contribution >= 4 is 12.9 Å². The van der Waals surface area contributed by atoms with Crippen LogP contribution in [0.4, 0.5) is 12.9 Å². The van der Waals surface area contributed by atoms with Crippen molar-refractivity contribution in [3.8, 4) is 0 Å². The van der Waals surface area contributed by atoms with Crippen molar-refractivity contribution in [2.45, 2.75) is 51.5 Å². The van der Waals surface area contributed by atoms with Gasteiger partial charge in [-0.2, -0.15) is 0 Å². The Labute approximate surface area is 148 Å². The maximum Gasteiger partial charge on any atom is 1.00 e. The van der Waals surface area contributed by atoms with Crippen molar-refractivity contribution in [2.24, 2.45) is 11.3 Å². The minimum Gasteiger partial charge on any atom is -0.460 e. The molecule has 0 aromatic rings. The molecule has 2 aliphatic carbocycles. The summed E-state index contributed by atoms with van der Waals surface area (Å²) in [5.41, 5.74) is -1.16. The number of carbonyl (C=O) groups excluding carboxylic acids is 1. The van der Waals surface area contributed by atoms with Gasteiger partial charge in [-0.15, -0.1) is 0 Å². The van der Waals surface area contributed by atoms with Gasteiger partial charge in [0.05, 0.1) is 5.92 Å². The maximum absolute atomic E-state index is 12.5. The van der Waals surface area contributed by atoms with Crippen LogP contribution in [0.25, 0.3) is 0 Å². The average molecular weight is 288 g/mol. The van der Waals surface area contributed by atoms with Gasteiger partial charge in [0.25, 0.3) is 0 Å². The fraction of sp³-hybridized carbons (Fsp3) is 0.909. The molecule has 0 saturated heterocycles. The number of hydrogen-bond donors (Lipinski definition) is 0. The summed E-state index contributed by atoms with van der Waals surface area (Å²) in [6, 6.07) is 0. The van der Waals surface area contributed by atoms with Crippen molar-refractivity contribution in [1.82, 2.24) is 0 Å². The van der Waals surface area contributed by atoms with Crippen LogP contribution < -0.4 is 51.4 Å². The molecule has 1 atom stereocenters. The number of rotatable bonds is 2. The fourth-order valence-corrected chi connectivity index (χ4v) is 2.86. The normalized spacial score (nSPS) is 34.6. The van der Waals surface area contributed by atoms with E-state index in [1.807, 2.05) is 0 Å². The van der Waals surface area contributed by atoms with E-state index in [0.29, 0.717) is 12.8 Å². The van der Waals surface area contributed by atoms with Crippen LogP contribution in [0.3, 0.4) is 0 Å². The Bertz CT molecular complexity index is 345. The van der Waals surface area contributed by atoms with Crippen LogP contribution in [0.2, 0.25) is 5.82 Å². The Hall–Kier alpha value is 0.961. The molecule has 2 rings (SSSR count). The smallest absolute Gasteiger partial charge is 0.460 e. The van der Waals surface area contributed by atoms with Gasteiger partial charge in [0.2, 0.25) is 0 Å². The molecule has 0 aromatic carbocycles. The van der Waals surface area contributed by atoms with Gasteiger partial charge in [-0.05, 0) is 33.6 Å². The standard InChI is InChI=1S/C11H17BF3O2.K/c1-10(2,3)17-9(16)7-4-11(5-7)6-8(11)12(13,14)15;/h7-8H,4-6H2,1-3H3;/q-1;+1. The third kappa shape index (κ3) is 3.54. The summed E-state index contributed by atoms with van der Waals surface area (Å²) in [6.45, 7) is 0.561. The third-order valence-electron chi connectivity index (χ3n) is 3.76. The van der Waals surface area contributed by atoms with Gasteiger partial charge in [0.1, 0.15) is 5.60 Å².